The summed E-state index contributed by atoms with van der Waals surface area (Å²) in [6, 6.07) is 3.88. The number of halogens is 2. The summed E-state index contributed by atoms with van der Waals surface area (Å²) in [6.45, 7) is 2.87. The fourth-order valence-corrected chi connectivity index (χ4v) is 3.50. The van der Waals surface area contributed by atoms with Crippen molar-refractivity contribution < 1.29 is 5.11 Å². The number of nitrogens with one attached hydrogen (secondary N) is 1. The van der Waals surface area contributed by atoms with Crippen molar-refractivity contribution >= 4 is 23.2 Å². The van der Waals surface area contributed by atoms with Crippen molar-refractivity contribution in [2.24, 2.45) is 5.92 Å². The van der Waals surface area contributed by atoms with Crippen LogP contribution in [-0.2, 0) is 6.54 Å². The van der Waals surface area contributed by atoms with Gasteiger partial charge in [-0.25, -0.2) is 0 Å². The number of rotatable bonds is 4. The average molecular weight is 302 g/mol. The topological polar surface area (TPSA) is 32.3 Å². The molecule has 2 atom stereocenters. The van der Waals surface area contributed by atoms with Gasteiger partial charge in [0.25, 0.3) is 0 Å². The highest BCUT2D eigenvalue weighted by atomic mass is 35.5. The van der Waals surface area contributed by atoms with E-state index in [4.69, 9.17) is 23.2 Å². The summed E-state index contributed by atoms with van der Waals surface area (Å²) < 4.78 is 0. The Balaban J connectivity index is 2.01. The minimum atomic E-state index is 0.141. The highest BCUT2D eigenvalue weighted by Crippen LogP contribution is 2.32. The number of phenols is 1. The third kappa shape index (κ3) is 3.77. The first-order chi connectivity index (χ1) is 9.11. The Morgan fingerprint density at radius 2 is 2.00 bits per heavy atom. The number of hydrogen-bond acceptors (Lipinski definition) is 2. The molecule has 2 nitrogen and oxygen atoms in total. The lowest BCUT2D eigenvalue weighted by atomic mass is 9.83. The molecule has 0 heterocycles. The van der Waals surface area contributed by atoms with E-state index in [0.717, 1.165) is 11.5 Å². The van der Waals surface area contributed by atoms with Gasteiger partial charge in [-0.15, -0.1) is 0 Å². The summed E-state index contributed by atoms with van der Waals surface area (Å²) in [5, 5.41) is 14.4. The number of benzene rings is 1. The van der Waals surface area contributed by atoms with Gasteiger partial charge in [-0.05, 0) is 30.9 Å². The lowest BCUT2D eigenvalue weighted by Crippen LogP contribution is -2.37. The Bertz CT molecular complexity index is 436. The molecular weight excluding hydrogens is 281 g/mol. The second kappa shape index (κ2) is 6.83. The molecule has 2 N–H and O–H groups in total. The highest BCUT2D eigenvalue weighted by Gasteiger charge is 2.23. The van der Waals surface area contributed by atoms with E-state index in [9.17, 15) is 5.11 Å². The Labute approximate surface area is 125 Å². The predicted molar refractivity (Wildman–Crippen MR) is 81.0 cm³/mol. The Hall–Kier alpha value is -0.440. The summed E-state index contributed by atoms with van der Waals surface area (Å²) in [5.41, 5.74) is 0.776. The molecule has 0 spiro atoms. The van der Waals surface area contributed by atoms with Gasteiger partial charge in [0.1, 0.15) is 5.75 Å². The normalized spacial score (nSPS) is 23.5. The van der Waals surface area contributed by atoms with Crippen LogP contribution in [0.1, 0.15) is 44.6 Å². The maximum absolute atomic E-state index is 9.94. The molecule has 19 heavy (non-hydrogen) atoms. The van der Waals surface area contributed by atoms with Crippen molar-refractivity contribution in [2.45, 2.75) is 51.6 Å². The molecule has 2 rings (SSSR count). The van der Waals surface area contributed by atoms with Crippen LogP contribution in [0.25, 0.3) is 0 Å². The van der Waals surface area contributed by atoms with Gasteiger partial charge < -0.3 is 10.4 Å². The van der Waals surface area contributed by atoms with E-state index in [1.807, 2.05) is 0 Å². The van der Waals surface area contributed by atoms with Crippen molar-refractivity contribution in [3.63, 3.8) is 0 Å². The summed E-state index contributed by atoms with van der Waals surface area (Å²) in [5.74, 6) is 0.882. The van der Waals surface area contributed by atoms with Gasteiger partial charge in [-0.1, -0.05) is 49.4 Å². The predicted octanol–water partition coefficient (Wildman–Crippen LogP) is 4.76. The second-order valence-corrected chi connectivity index (χ2v) is 6.18. The lowest BCUT2D eigenvalue weighted by Gasteiger charge is -2.31. The van der Waals surface area contributed by atoms with Gasteiger partial charge >= 0.3 is 0 Å². The fourth-order valence-electron chi connectivity index (χ4n) is 2.96. The zero-order valence-corrected chi connectivity index (χ0v) is 12.8. The Morgan fingerprint density at radius 3 is 2.74 bits per heavy atom. The molecule has 4 heteroatoms. The smallest absolute Gasteiger partial charge is 0.138 e. The first-order valence-corrected chi connectivity index (χ1v) is 7.77. The van der Waals surface area contributed by atoms with E-state index in [1.54, 1.807) is 12.1 Å². The summed E-state index contributed by atoms with van der Waals surface area (Å²) in [7, 11) is 0. The van der Waals surface area contributed by atoms with Crippen LogP contribution < -0.4 is 5.32 Å². The second-order valence-electron chi connectivity index (χ2n) is 5.34. The van der Waals surface area contributed by atoms with Gasteiger partial charge in [0.05, 0.1) is 5.02 Å². The molecule has 0 bridgehead atoms. The first kappa shape index (κ1) is 15.0. The fraction of sp³-hybridized carbons (Fsp3) is 0.600. The Kier molecular flexibility index (Phi) is 5.37. The largest absolute Gasteiger partial charge is 0.506 e. The molecule has 2 unspecified atom stereocenters. The van der Waals surface area contributed by atoms with Crippen LogP contribution in [0.15, 0.2) is 12.1 Å². The molecule has 1 fully saturated rings. The van der Waals surface area contributed by atoms with Crippen molar-refractivity contribution in [2.75, 3.05) is 0 Å². The van der Waals surface area contributed by atoms with Crippen LogP contribution in [0.2, 0.25) is 10.0 Å². The number of phenolic OH excluding ortho intramolecular Hbond substituents is 1. The molecule has 1 aliphatic rings. The molecular formula is C15H21Cl2NO. The van der Waals surface area contributed by atoms with Crippen LogP contribution in [0.4, 0.5) is 0 Å². The van der Waals surface area contributed by atoms with Crippen molar-refractivity contribution in [3.8, 4) is 5.75 Å². The highest BCUT2D eigenvalue weighted by molar-refractivity contribution is 6.35. The summed E-state index contributed by atoms with van der Waals surface area (Å²) in [6.07, 6.45) is 6.35. The lowest BCUT2D eigenvalue weighted by molar-refractivity contribution is 0.253. The van der Waals surface area contributed by atoms with E-state index >= 15 is 0 Å². The van der Waals surface area contributed by atoms with Crippen molar-refractivity contribution in [1.29, 1.82) is 0 Å². The maximum Gasteiger partial charge on any atom is 0.138 e. The van der Waals surface area contributed by atoms with E-state index < -0.39 is 0 Å². The standard InChI is InChI=1S/C15H21Cl2NO/c1-2-10-5-3-4-6-14(10)18-9-11-7-12(16)8-13(17)15(11)19/h7-8,10,14,18-19H,2-6,9H2,1H3. The molecule has 1 aromatic rings. The van der Waals surface area contributed by atoms with E-state index in [1.165, 1.54) is 32.1 Å². The van der Waals surface area contributed by atoms with Gasteiger partial charge in [-0.3, -0.25) is 0 Å². The summed E-state index contributed by atoms with van der Waals surface area (Å²) in [4.78, 5) is 0. The van der Waals surface area contributed by atoms with Gasteiger partial charge in [0, 0.05) is 23.2 Å². The molecule has 1 saturated carbocycles. The van der Waals surface area contributed by atoms with E-state index in [2.05, 4.69) is 12.2 Å². The van der Waals surface area contributed by atoms with Gasteiger partial charge in [-0.2, -0.15) is 0 Å². The molecule has 1 aromatic carbocycles. The zero-order valence-electron chi connectivity index (χ0n) is 11.3. The molecule has 0 radical (unpaired) electrons. The quantitative estimate of drug-likeness (QED) is 0.840. The van der Waals surface area contributed by atoms with Crippen molar-refractivity contribution in [1.82, 2.24) is 5.32 Å². The molecule has 106 valence electrons. The van der Waals surface area contributed by atoms with E-state index in [-0.39, 0.29) is 5.75 Å². The monoisotopic (exact) mass is 301 g/mol. The third-order valence-corrected chi connectivity index (χ3v) is 4.60. The minimum absolute atomic E-state index is 0.141. The molecule has 0 aliphatic heterocycles. The van der Waals surface area contributed by atoms with Crippen molar-refractivity contribution in [3.05, 3.63) is 27.7 Å². The van der Waals surface area contributed by atoms with Crippen LogP contribution in [0.3, 0.4) is 0 Å². The number of hydrogen-bond donors (Lipinski definition) is 2. The molecule has 0 amide bonds. The minimum Gasteiger partial charge on any atom is -0.506 e. The molecule has 0 aromatic heterocycles. The van der Waals surface area contributed by atoms with Crippen LogP contribution in [0, 0.1) is 5.92 Å². The van der Waals surface area contributed by atoms with Gasteiger partial charge in [0.2, 0.25) is 0 Å². The van der Waals surface area contributed by atoms with Crippen LogP contribution in [0.5, 0.6) is 5.75 Å². The zero-order chi connectivity index (χ0) is 13.8. The van der Waals surface area contributed by atoms with Crippen LogP contribution >= 0.6 is 23.2 Å². The summed E-state index contributed by atoms with van der Waals surface area (Å²) >= 11 is 11.9. The van der Waals surface area contributed by atoms with Crippen LogP contribution in [-0.4, -0.2) is 11.1 Å². The Morgan fingerprint density at radius 1 is 1.26 bits per heavy atom. The average Bonchev–Trinajstić information content (AvgIpc) is 2.41. The SMILES string of the molecule is CCC1CCCCC1NCc1cc(Cl)cc(Cl)c1O. The van der Waals surface area contributed by atoms with E-state index in [0.29, 0.717) is 22.6 Å². The molecule has 0 saturated heterocycles. The number of aromatic hydroxyl groups is 1. The third-order valence-electron chi connectivity index (χ3n) is 4.10. The molecule has 1 aliphatic carbocycles. The first-order valence-electron chi connectivity index (χ1n) is 7.02. The van der Waals surface area contributed by atoms with Gasteiger partial charge in [0.15, 0.2) is 0 Å². The maximum atomic E-state index is 9.94.